The lowest BCUT2D eigenvalue weighted by Crippen LogP contribution is -2.41. The number of carbonyl (C=O) groups excluding carboxylic acids is 2. The average Bonchev–Trinajstić information content (AvgIpc) is 2.98. The third-order valence-corrected chi connectivity index (χ3v) is 3.23. The summed E-state index contributed by atoms with van der Waals surface area (Å²) in [6, 6.07) is 5.58. The fraction of sp³-hybridized carbons (Fsp3) is 0.312. The molecule has 8 nitrogen and oxygen atoms in total. The zero-order valence-electron chi connectivity index (χ0n) is 13.9. The number of hydrogen-bond donors (Lipinski definition) is 2. The summed E-state index contributed by atoms with van der Waals surface area (Å²) >= 11 is 0. The Morgan fingerprint density at radius 3 is 2.25 bits per heavy atom. The number of nitrogens with one attached hydrogen (secondary N) is 2. The predicted octanol–water partition coefficient (Wildman–Crippen LogP) is 1.76. The van der Waals surface area contributed by atoms with E-state index in [9.17, 15) is 9.59 Å². The molecule has 24 heavy (non-hydrogen) atoms. The number of ether oxygens (including phenoxy) is 2. The molecule has 2 N–H and O–H groups in total. The summed E-state index contributed by atoms with van der Waals surface area (Å²) in [7, 11) is 2.98. The van der Waals surface area contributed by atoms with E-state index in [4.69, 9.17) is 14.0 Å². The van der Waals surface area contributed by atoms with Gasteiger partial charge in [0.05, 0.1) is 14.2 Å². The van der Waals surface area contributed by atoms with Crippen LogP contribution in [0.15, 0.2) is 28.8 Å². The summed E-state index contributed by atoms with van der Waals surface area (Å²) in [4.78, 5) is 24.4. The minimum atomic E-state index is -0.772. The fourth-order valence-electron chi connectivity index (χ4n) is 1.94. The molecule has 0 unspecified atom stereocenters. The minimum absolute atomic E-state index is 0.293. The molecule has 0 aliphatic heterocycles. The van der Waals surface area contributed by atoms with E-state index in [0.29, 0.717) is 28.6 Å². The van der Waals surface area contributed by atoms with Gasteiger partial charge in [-0.2, -0.15) is 0 Å². The predicted molar refractivity (Wildman–Crippen MR) is 86.3 cm³/mol. The normalized spacial score (nSPS) is 11.5. The molecular formula is C16H19N3O5. The van der Waals surface area contributed by atoms with Crippen LogP contribution in [0.1, 0.15) is 23.0 Å². The standard InChI is InChI=1S/C16H19N3O5/c1-9-5-14(19-24-9)18-15(20)10(2)17-16(21)11-6-12(22-3)8-13(7-11)23-4/h5-8,10H,1-4H3,(H,17,21)(H,18,19,20)/t10-/m1/s1. The van der Waals surface area contributed by atoms with Crippen molar-refractivity contribution >= 4 is 17.6 Å². The maximum Gasteiger partial charge on any atom is 0.252 e. The number of nitrogens with zero attached hydrogens (tertiary/aromatic N) is 1. The molecule has 0 fully saturated rings. The van der Waals surface area contributed by atoms with Crippen LogP contribution in [-0.2, 0) is 4.79 Å². The van der Waals surface area contributed by atoms with Crippen LogP contribution in [-0.4, -0.2) is 37.2 Å². The van der Waals surface area contributed by atoms with Crippen LogP contribution in [0.3, 0.4) is 0 Å². The van der Waals surface area contributed by atoms with Gasteiger partial charge < -0.3 is 24.6 Å². The number of amides is 2. The monoisotopic (exact) mass is 333 g/mol. The van der Waals surface area contributed by atoms with Crippen LogP contribution in [0.4, 0.5) is 5.82 Å². The number of benzene rings is 1. The molecule has 2 rings (SSSR count). The van der Waals surface area contributed by atoms with Gasteiger partial charge in [0.25, 0.3) is 5.91 Å². The van der Waals surface area contributed by atoms with Crippen LogP contribution in [0.2, 0.25) is 0 Å². The largest absolute Gasteiger partial charge is 0.497 e. The Labute approximate surface area is 139 Å². The molecule has 8 heteroatoms. The summed E-state index contributed by atoms with van der Waals surface area (Å²) in [5.74, 6) is 0.995. The van der Waals surface area contributed by atoms with Gasteiger partial charge in [-0.25, -0.2) is 0 Å². The number of aryl methyl sites for hydroxylation is 1. The second kappa shape index (κ2) is 7.49. The van der Waals surface area contributed by atoms with Crippen molar-refractivity contribution in [2.45, 2.75) is 19.9 Å². The Morgan fingerprint density at radius 1 is 1.12 bits per heavy atom. The van der Waals surface area contributed by atoms with Gasteiger partial charge in [-0.15, -0.1) is 0 Å². The van der Waals surface area contributed by atoms with Gasteiger partial charge in [-0.1, -0.05) is 5.16 Å². The summed E-state index contributed by atoms with van der Waals surface area (Å²) in [6.45, 7) is 3.28. The van der Waals surface area contributed by atoms with Crippen molar-refractivity contribution in [3.05, 3.63) is 35.6 Å². The molecule has 1 heterocycles. The topological polar surface area (TPSA) is 103 Å². The third-order valence-electron chi connectivity index (χ3n) is 3.23. The zero-order valence-corrected chi connectivity index (χ0v) is 13.9. The van der Waals surface area contributed by atoms with Gasteiger partial charge >= 0.3 is 0 Å². The van der Waals surface area contributed by atoms with E-state index in [1.54, 1.807) is 38.1 Å². The first-order valence-corrected chi connectivity index (χ1v) is 7.21. The molecule has 0 aliphatic carbocycles. The molecule has 128 valence electrons. The first-order chi connectivity index (χ1) is 11.4. The Kier molecular flexibility index (Phi) is 5.41. The molecule has 1 aromatic heterocycles. The average molecular weight is 333 g/mol. The van der Waals surface area contributed by atoms with Gasteiger partial charge in [-0.3, -0.25) is 9.59 Å². The quantitative estimate of drug-likeness (QED) is 0.835. The van der Waals surface area contributed by atoms with Crippen molar-refractivity contribution in [2.75, 3.05) is 19.5 Å². The number of aromatic nitrogens is 1. The van der Waals surface area contributed by atoms with Crippen LogP contribution < -0.4 is 20.1 Å². The molecule has 1 aromatic carbocycles. The molecule has 2 aromatic rings. The molecule has 0 saturated carbocycles. The Hall–Kier alpha value is -3.03. The Morgan fingerprint density at radius 2 is 1.75 bits per heavy atom. The van der Waals surface area contributed by atoms with Crippen LogP contribution in [0.5, 0.6) is 11.5 Å². The van der Waals surface area contributed by atoms with Crippen molar-refractivity contribution in [1.29, 1.82) is 0 Å². The summed E-state index contributed by atoms with van der Waals surface area (Å²) in [5.41, 5.74) is 0.322. The second-order valence-electron chi connectivity index (χ2n) is 5.11. The lowest BCUT2D eigenvalue weighted by Gasteiger charge is -2.14. The van der Waals surface area contributed by atoms with Gasteiger partial charge in [0.15, 0.2) is 5.82 Å². The van der Waals surface area contributed by atoms with E-state index in [0.717, 1.165) is 0 Å². The van der Waals surface area contributed by atoms with Gasteiger partial charge in [0.1, 0.15) is 23.3 Å². The van der Waals surface area contributed by atoms with Gasteiger partial charge in [0, 0.05) is 17.7 Å². The highest BCUT2D eigenvalue weighted by molar-refractivity contribution is 6.01. The molecule has 1 atom stereocenters. The highest BCUT2D eigenvalue weighted by Gasteiger charge is 2.19. The van der Waals surface area contributed by atoms with E-state index in [1.165, 1.54) is 14.2 Å². The Balaban J connectivity index is 2.04. The lowest BCUT2D eigenvalue weighted by molar-refractivity contribution is -0.117. The summed E-state index contributed by atoms with van der Waals surface area (Å²) in [6.07, 6.45) is 0. The highest BCUT2D eigenvalue weighted by atomic mass is 16.5. The van der Waals surface area contributed by atoms with E-state index >= 15 is 0 Å². The first kappa shape index (κ1) is 17.3. The maximum absolute atomic E-state index is 12.3. The van der Waals surface area contributed by atoms with Crippen molar-refractivity contribution in [3.8, 4) is 11.5 Å². The van der Waals surface area contributed by atoms with E-state index in [-0.39, 0.29) is 0 Å². The molecule has 0 bridgehead atoms. The number of anilines is 1. The van der Waals surface area contributed by atoms with Gasteiger partial charge in [-0.05, 0) is 26.0 Å². The molecule has 2 amide bonds. The van der Waals surface area contributed by atoms with Gasteiger partial charge in [0.2, 0.25) is 5.91 Å². The number of rotatable bonds is 6. The Bertz CT molecular complexity index is 719. The van der Waals surface area contributed by atoms with E-state index in [1.807, 2.05) is 0 Å². The van der Waals surface area contributed by atoms with E-state index < -0.39 is 17.9 Å². The highest BCUT2D eigenvalue weighted by Crippen LogP contribution is 2.22. The SMILES string of the molecule is COc1cc(OC)cc(C(=O)N[C@H](C)C(=O)Nc2cc(C)on2)c1. The molecule has 0 spiro atoms. The first-order valence-electron chi connectivity index (χ1n) is 7.21. The number of hydrogen-bond acceptors (Lipinski definition) is 6. The molecule has 0 saturated heterocycles. The summed E-state index contributed by atoms with van der Waals surface area (Å²) < 4.78 is 15.1. The third kappa shape index (κ3) is 4.25. The minimum Gasteiger partial charge on any atom is -0.497 e. The number of carbonyl (C=O) groups is 2. The second-order valence-corrected chi connectivity index (χ2v) is 5.11. The molecular weight excluding hydrogens is 314 g/mol. The van der Waals surface area contributed by atoms with Crippen molar-refractivity contribution in [3.63, 3.8) is 0 Å². The van der Waals surface area contributed by atoms with Crippen molar-refractivity contribution in [2.24, 2.45) is 0 Å². The molecule has 0 aliphatic rings. The van der Waals surface area contributed by atoms with Crippen molar-refractivity contribution < 1.29 is 23.6 Å². The van der Waals surface area contributed by atoms with Crippen LogP contribution in [0.25, 0.3) is 0 Å². The zero-order chi connectivity index (χ0) is 17.7. The maximum atomic E-state index is 12.3. The van der Waals surface area contributed by atoms with Crippen molar-refractivity contribution in [1.82, 2.24) is 10.5 Å². The van der Waals surface area contributed by atoms with E-state index in [2.05, 4.69) is 15.8 Å². The van der Waals surface area contributed by atoms with Crippen LogP contribution >= 0.6 is 0 Å². The summed E-state index contributed by atoms with van der Waals surface area (Å²) in [5, 5.41) is 8.83. The fourth-order valence-corrected chi connectivity index (χ4v) is 1.94. The number of methoxy groups -OCH3 is 2. The molecule has 0 radical (unpaired) electrons. The van der Waals surface area contributed by atoms with Crippen LogP contribution in [0, 0.1) is 6.92 Å². The smallest absolute Gasteiger partial charge is 0.252 e. The lowest BCUT2D eigenvalue weighted by atomic mass is 10.1.